The lowest BCUT2D eigenvalue weighted by molar-refractivity contribution is -0.141. The fraction of sp³-hybridized carbons (Fsp3) is 0.312. The molecule has 1 fully saturated rings. The fourth-order valence-electron chi connectivity index (χ4n) is 2.61. The van der Waals surface area contributed by atoms with Gasteiger partial charge in [0.15, 0.2) is 23.0 Å². The topological polar surface area (TPSA) is 92.9 Å². The summed E-state index contributed by atoms with van der Waals surface area (Å²) < 4.78 is 23.7. The molecule has 2 heterocycles. The molecule has 0 bridgehead atoms. The van der Waals surface area contributed by atoms with Crippen LogP contribution in [-0.4, -0.2) is 39.6 Å². The van der Waals surface area contributed by atoms with Crippen LogP contribution in [0, 0.1) is 5.82 Å². The van der Waals surface area contributed by atoms with Gasteiger partial charge in [0.1, 0.15) is 12.6 Å². The predicted molar refractivity (Wildman–Crippen MR) is 78.9 cm³/mol. The van der Waals surface area contributed by atoms with Gasteiger partial charge in [0.25, 0.3) is 5.91 Å². The van der Waals surface area contributed by atoms with Crippen molar-refractivity contribution in [3.63, 3.8) is 0 Å². The molecule has 3 rings (SSSR count). The number of para-hydroxylation sites is 1. The van der Waals surface area contributed by atoms with Gasteiger partial charge >= 0.3 is 5.97 Å². The van der Waals surface area contributed by atoms with Gasteiger partial charge in [-0.05, 0) is 25.0 Å². The van der Waals surface area contributed by atoms with Crippen LogP contribution < -0.4 is 4.74 Å². The van der Waals surface area contributed by atoms with Gasteiger partial charge in [0, 0.05) is 12.6 Å². The molecule has 1 saturated heterocycles. The number of hydrogen-bond donors (Lipinski definition) is 1. The molecule has 1 aliphatic rings. The van der Waals surface area contributed by atoms with Crippen molar-refractivity contribution in [2.24, 2.45) is 0 Å². The summed E-state index contributed by atoms with van der Waals surface area (Å²) in [7, 11) is 0. The van der Waals surface area contributed by atoms with Crippen LogP contribution in [0.1, 0.15) is 29.1 Å². The number of likely N-dealkylation sites (tertiary alicyclic amines) is 1. The molecule has 7 nitrogen and oxygen atoms in total. The molecule has 0 aliphatic carbocycles. The Kier molecular flexibility index (Phi) is 4.45. The summed E-state index contributed by atoms with van der Waals surface area (Å²) in [6.07, 6.45) is 1.05. The standard InChI is InChI=1S/C16H15FN2O5/c17-11-4-1-2-6-14(11)23-9-10-8-12(18-24-10)15(20)19-7-3-5-13(19)16(21)22/h1-2,4,6,8,13H,3,5,7,9H2,(H,21,22)/t13-/m0/s1. The van der Waals surface area contributed by atoms with Gasteiger partial charge in [-0.3, -0.25) is 4.79 Å². The minimum Gasteiger partial charge on any atom is -0.482 e. The van der Waals surface area contributed by atoms with Crippen molar-refractivity contribution in [3.8, 4) is 5.75 Å². The number of carbonyl (C=O) groups excluding carboxylic acids is 1. The number of nitrogens with zero attached hydrogens (tertiary/aromatic N) is 2. The van der Waals surface area contributed by atoms with Crippen LogP contribution in [0.2, 0.25) is 0 Å². The highest BCUT2D eigenvalue weighted by molar-refractivity contribution is 5.95. The number of amides is 1. The Balaban J connectivity index is 1.66. The lowest BCUT2D eigenvalue weighted by atomic mass is 10.2. The maximum absolute atomic E-state index is 13.5. The second kappa shape index (κ2) is 6.69. The molecule has 24 heavy (non-hydrogen) atoms. The molecule has 0 unspecified atom stereocenters. The average molecular weight is 334 g/mol. The zero-order valence-corrected chi connectivity index (χ0v) is 12.6. The number of benzene rings is 1. The first kappa shape index (κ1) is 16.0. The average Bonchev–Trinajstić information content (AvgIpc) is 3.23. The van der Waals surface area contributed by atoms with E-state index < -0.39 is 23.7 Å². The monoisotopic (exact) mass is 334 g/mol. The van der Waals surface area contributed by atoms with Crippen molar-refractivity contribution in [2.45, 2.75) is 25.5 Å². The lowest BCUT2D eigenvalue weighted by Gasteiger charge is -2.19. The van der Waals surface area contributed by atoms with Crippen LogP contribution in [0.4, 0.5) is 4.39 Å². The van der Waals surface area contributed by atoms with E-state index in [2.05, 4.69) is 5.16 Å². The fourth-order valence-corrected chi connectivity index (χ4v) is 2.61. The maximum atomic E-state index is 13.5. The smallest absolute Gasteiger partial charge is 0.326 e. The molecule has 1 aromatic heterocycles. The van der Waals surface area contributed by atoms with Crippen LogP contribution in [0.15, 0.2) is 34.9 Å². The third-order valence-corrected chi connectivity index (χ3v) is 3.78. The first-order valence-electron chi connectivity index (χ1n) is 7.43. The van der Waals surface area contributed by atoms with Gasteiger partial charge in [-0.2, -0.15) is 0 Å². The predicted octanol–water partition coefficient (Wildman–Crippen LogP) is 2.08. The highest BCUT2D eigenvalue weighted by atomic mass is 19.1. The molecule has 8 heteroatoms. The zero-order chi connectivity index (χ0) is 17.1. The highest BCUT2D eigenvalue weighted by Crippen LogP contribution is 2.21. The van der Waals surface area contributed by atoms with E-state index in [1.807, 2.05) is 0 Å². The molecule has 2 aromatic rings. The van der Waals surface area contributed by atoms with E-state index in [0.717, 1.165) is 0 Å². The van der Waals surface area contributed by atoms with E-state index in [1.54, 1.807) is 12.1 Å². The van der Waals surface area contributed by atoms with Crippen LogP contribution in [0.25, 0.3) is 0 Å². The Morgan fingerprint density at radius 1 is 1.42 bits per heavy atom. The van der Waals surface area contributed by atoms with E-state index in [-0.39, 0.29) is 23.8 Å². The molecule has 126 valence electrons. The van der Waals surface area contributed by atoms with E-state index in [1.165, 1.54) is 23.1 Å². The van der Waals surface area contributed by atoms with Crippen molar-refractivity contribution >= 4 is 11.9 Å². The molecule has 1 aliphatic heterocycles. The van der Waals surface area contributed by atoms with Crippen molar-refractivity contribution < 1.29 is 28.3 Å². The highest BCUT2D eigenvalue weighted by Gasteiger charge is 2.35. The molecule has 1 N–H and O–H groups in total. The number of aromatic nitrogens is 1. The van der Waals surface area contributed by atoms with E-state index in [4.69, 9.17) is 14.4 Å². The number of carbonyl (C=O) groups is 2. The molecular weight excluding hydrogens is 319 g/mol. The third kappa shape index (κ3) is 3.22. The maximum Gasteiger partial charge on any atom is 0.326 e. The van der Waals surface area contributed by atoms with Gasteiger partial charge in [-0.15, -0.1) is 0 Å². The molecule has 1 aromatic carbocycles. The minimum absolute atomic E-state index is 0.00952. The van der Waals surface area contributed by atoms with Crippen molar-refractivity contribution in [2.75, 3.05) is 6.54 Å². The number of carboxylic acids is 1. The Hall–Kier alpha value is -2.90. The van der Waals surface area contributed by atoms with Gasteiger partial charge in [-0.25, -0.2) is 9.18 Å². The number of halogens is 1. The van der Waals surface area contributed by atoms with E-state index in [9.17, 15) is 14.0 Å². The van der Waals surface area contributed by atoms with Gasteiger partial charge in [0.05, 0.1) is 0 Å². The summed E-state index contributed by atoms with van der Waals surface area (Å²) in [4.78, 5) is 24.8. The minimum atomic E-state index is -1.03. The zero-order valence-electron chi connectivity index (χ0n) is 12.6. The molecule has 1 amide bonds. The van der Waals surface area contributed by atoms with E-state index in [0.29, 0.717) is 19.4 Å². The molecule has 1 atom stereocenters. The number of ether oxygens (including phenoxy) is 1. The van der Waals surface area contributed by atoms with Crippen molar-refractivity contribution in [1.29, 1.82) is 0 Å². The number of rotatable bonds is 5. The Bertz CT molecular complexity index is 760. The van der Waals surface area contributed by atoms with Crippen LogP contribution >= 0.6 is 0 Å². The van der Waals surface area contributed by atoms with Crippen LogP contribution in [0.3, 0.4) is 0 Å². The van der Waals surface area contributed by atoms with Crippen LogP contribution in [0.5, 0.6) is 5.75 Å². The Morgan fingerprint density at radius 3 is 2.96 bits per heavy atom. The number of hydrogen-bond acceptors (Lipinski definition) is 5. The number of carboxylic acid groups (broad SMARTS) is 1. The third-order valence-electron chi connectivity index (χ3n) is 3.78. The van der Waals surface area contributed by atoms with E-state index >= 15 is 0 Å². The first-order chi connectivity index (χ1) is 11.6. The van der Waals surface area contributed by atoms with Gasteiger partial charge in [0.2, 0.25) is 0 Å². The molecule has 0 saturated carbocycles. The summed E-state index contributed by atoms with van der Waals surface area (Å²) >= 11 is 0. The quantitative estimate of drug-likeness (QED) is 0.900. The molecule has 0 spiro atoms. The summed E-state index contributed by atoms with van der Waals surface area (Å²) in [5.41, 5.74) is 0.00952. The van der Waals surface area contributed by atoms with Gasteiger partial charge < -0.3 is 19.3 Å². The van der Waals surface area contributed by atoms with Gasteiger partial charge in [-0.1, -0.05) is 17.3 Å². The van der Waals surface area contributed by atoms with Crippen molar-refractivity contribution in [1.82, 2.24) is 10.1 Å². The summed E-state index contributed by atoms with van der Waals surface area (Å²) in [6.45, 7) is 0.271. The largest absolute Gasteiger partial charge is 0.482 e. The molecule has 0 radical (unpaired) electrons. The van der Waals surface area contributed by atoms with Crippen molar-refractivity contribution in [3.05, 3.63) is 47.6 Å². The Labute approximate surface area is 136 Å². The second-order valence-electron chi connectivity index (χ2n) is 5.39. The summed E-state index contributed by atoms with van der Waals surface area (Å²) in [5, 5.41) is 12.8. The SMILES string of the molecule is O=C(O)[C@@H]1CCCN1C(=O)c1cc(COc2ccccc2F)on1. The lowest BCUT2D eigenvalue weighted by Crippen LogP contribution is -2.40. The normalized spacial score (nSPS) is 17.0. The second-order valence-corrected chi connectivity index (χ2v) is 5.39. The molecular formula is C16H15FN2O5. The summed E-state index contributed by atoms with van der Waals surface area (Å²) in [5.74, 6) is -1.73. The summed E-state index contributed by atoms with van der Waals surface area (Å²) in [6, 6.07) is 6.45. The first-order valence-corrected chi connectivity index (χ1v) is 7.43. The Morgan fingerprint density at radius 2 is 2.21 bits per heavy atom. The number of aliphatic carboxylic acids is 1. The van der Waals surface area contributed by atoms with Crippen LogP contribution in [-0.2, 0) is 11.4 Å².